The number of aliphatic hydroxyl groups is 1. The topological polar surface area (TPSA) is 35.8 Å². The van der Waals surface area contributed by atoms with Gasteiger partial charge in [0.25, 0.3) is 0 Å². The minimum Gasteiger partial charge on any atom is -0.396 e. The first-order valence-electron chi connectivity index (χ1n) is 7.22. The smallest absolute Gasteiger partial charge is 0.168 e. The summed E-state index contributed by atoms with van der Waals surface area (Å²) in [6.45, 7) is 2.02. The van der Waals surface area contributed by atoms with Gasteiger partial charge in [-0.05, 0) is 35.9 Å². The number of rotatable bonds is 4. The molecule has 0 aliphatic carbocycles. The summed E-state index contributed by atoms with van der Waals surface area (Å²) in [5, 5.41) is 11.8. The second-order valence-electron chi connectivity index (χ2n) is 5.18. The second-order valence-corrected chi connectivity index (χ2v) is 8.20. The predicted octanol–water partition coefficient (Wildman–Crippen LogP) is 4.09. The highest BCUT2D eigenvalue weighted by molar-refractivity contribution is 8.17. The van der Waals surface area contributed by atoms with E-state index in [0.717, 1.165) is 18.3 Å². The van der Waals surface area contributed by atoms with E-state index in [0.29, 0.717) is 6.42 Å². The molecule has 4 rings (SSSR count). The highest BCUT2D eigenvalue weighted by Gasteiger charge is 2.33. The van der Waals surface area contributed by atoms with E-state index in [1.54, 1.807) is 23.5 Å². The highest BCUT2D eigenvalue weighted by Crippen LogP contribution is 2.46. The zero-order valence-electron chi connectivity index (χ0n) is 12.2. The third-order valence-electron chi connectivity index (χ3n) is 3.85. The van der Waals surface area contributed by atoms with Crippen molar-refractivity contribution in [2.75, 3.05) is 26.0 Å². The number of nitrogens with zero attached hydrogens (tertiary/aromatic N) is 2. The van der Waals surface area contributed by atoms with Crippen LogP contribution in [0.3, 0.4) is 0 Å². The summed E-state index contributed by atoms with van der Waals surface area (Å²) in [5.74, 6) is 0. The van der Waals surface area contributed by atoms with Crippen LogP contribution in [-0.4, -0.2) is 41.1 Å². The maximum Gasteiger partial charge on any atom is 0.168 e. The predicted molar refractivity (Wildman–Crippen MR) is 98.8 cm³/mol. The summed E-state index contributed by atoms with van der Waals surface area (Å²) in [4.78, 5) is 10.7. The molecule has 0 saturated heterocycles. The van der Waals surface area contributed by atoms with Crippen molar-refractivity contribution in [2.45, 2.75) is 11.3 Å². The lowest BCUT2D eigenvalue weighted by molar-refractivity contribution is 0.301. The molecule has 6 heteroatoms. The molecular weight excluding hydrogens is 332 g/mol. The van der Waals surface area contributed by atoms with Crippen molar-refractivity contribution in [1.29, 1.82) is 0 Å². The maximum absolute atomic E-state index is 9.36. The molecule has 114 valence electrons. The molecule has 1 aromatic carbocycles. The van der Waals surface area contributed by atoms with E-state index < -0.39 is 0 Å². The van der Waals surface area contributed by atoms with Crippen LogP contribution in [0.5, 0.6) is 0 Å². The molecule has 0 fully saturated rings. The molecule has 2 aliphatic heterocycles. The molecule has 0 bridgehead atoms. The highest BCUT2D eigenvalue weighted by atomic mass is 32.2. The SMILES string of the molecule is CSc1ccc2sc(C3=C(CCO)SC4=NCCN43)cc2c1. The average Bonchev–Trinajstić information content (AvgIpc) is 3.19. The quantitative estimate of drug-likeness (QED) is 0.844. The Morgan fingerprint density at radius 1 is 1.36 bits per heavy atom. The molecule has 2 aromatic rings. The van der Waals surface area contributed by atoms with Gasteiger partial charge in [0.15, 0.2) is 5.17 Å². The van der Waals surface area contributed by atoms with Crippen molar-refractivity contribution in [1.82, 2.24) is 4.90 Å². The Labute approximate surface area is 142 Å². The number of aliphatic hydroxyl groups excluding tert-OH is 1. The van der Waals surface area contributed by atoms with Crippen LogP contribution in [0.2, 0.25) is 0 Å². The van der Waals surface area contributed by atoms with Crippen LogP contribution in [0.25, 0.3) is 15.8 Å². The second kappa shape index (κ2) is 5.92. The summed E-state index contributed by atoms with van der Waals surface area (Å²) in [5.41, 5.74) is 1.27. The number of hydrogen-bond acceptors (Lipinski definition) is 6. The van der Waals surface area contributed by atoms with Crippen LogP contribution >= 0.6 is 34.9 Å². The normalized spacial score (nSPS) is 17.5. The number of benzene rings is 1. The molecule has 1 N–H and O–H groups in total. The largest absolute Gasteiger partial charge is 0.396 e. The van der Waals surface area contributed by atoms with Crippen LogP contribution in [0.4, 0.5) is 0 Å². The summed E-state index contributed by atoms with van der Waals surface area (Å²) >= 11 is 5.33. The van der Waals surface area contributed by atoms with Crippen molar-refractivity contribution >= 4 is 55.8 Å². The van der Waals surface area contributed by atoms with E-state index >= 15 is 0 Å². The number of amidine groups is 1. The lowest BCUT2D eigenvalue weighted by Gasteiger charge is -2.15. The van der Waals surface area contributed by atoms with Gasteiger partial charge in [-0.3, -0.25) is 4.99 Å². The van der Waals surface area contributed by atoms with E-state index in [4.69, 9.17) is 0 Å². The summed E-state index contributed by atoms with van der Waals surface area (Å²) in [6, 6.07) is 8.94. The monoisotopic (exact) mass is 348 g/mol. The molecule has 22 heavy (non-hydrogen) atoms. The van der Waals surface area contributed by atoms with Gasteiger partial charge in [-0.1, -0.05) is 11.8 Å². The molecular formula is C16H16N2OS3. The van der Waals surface area contributed by atoms with Crippen LogP contribution in [0, 0.1) is 0 Å². The Balaban J connectivity index is 1.81. The summed E-state index contributed by atoms with van der Waals surface area (Å²) < 4.78 is 1.32. The molecule has 0 spiro atoms. The lowest BCUT2D eigenvalue weighted by atomic mass is 10.2. The number of aliphatic imine (C=N–C) groups is 1. The van der Waals surface area contributed by atoms with Crippen molar-refractivity contribution < 1.29 is 5.11 Å². The zero-order chi connectivity index (χ0) is 15.1. The number of hydrogen-bond donors (Lipinski definition) is 1. The summed E-state index contributed by atoms with van der Waals surface area (Å²) in [6.07, 6.45) is 2.82. The third-order valence-corrected chi connectivity index (χ3v) is 6.87. The van der Waals surface area contributed by atoms with E-state index in [1.165, 1.54) is 30.5 Å². The van der Waals surface area contributed by atoms with E-state index in [1.807, 2.05) is 11.3 Å². The van der Waals surface area contributed by atoms with Crippen LogP contribution in [0.1, 0.15) is 11.3 Å². The van der Waals surface area contributed by atoms with Gasteiger partial charge in [-0.15, -0.1) is 23.1 Å². The Morgan fingerprint density at radius 2 is 2.27 bits per heavy atom. The molecule has 3 heterocycles. The molecule has 0 amide bonds. The minimum absolute atomic E-state index is 0.189. The van der Waals surface area contributed by atoms with E-state index in [2.05, 4.69) is 40.4 Å². The molecule has 3 nitrogen and oxygen atoms in total. The van der Waals surface area contributed by atoms with Gasteiger partial charge >= 0.3 is 0 Å². The van der Waals surface area contributed by atoms with Gasteiger partial charge in [0.05, 0.1) is 17.1 Å². The van der Waals surface area contributed by atoms with Gasteiger partial charge in [0.2, 0.25) is 0 Å². The zero-order valence-corrected chi connectivity index (χ0v) is 14.7. The maximum atomic E-state index is 9.36. The van der Waals surface area contributed by atoms with Crippen molar-refractivity contribution in [3.8, 4) is 0 Å². The van der Waals surface area contributed by atoms with Crippen LogP contribution in [-0.2, 0) is 0 Å². The molecule has 0 atom stereocenters. The van der Waals surface area contributed by atoms with Crippen molar-refractivity contribution in [3.63, 3.8) is 0 Å². The Bertz CT molecular complexity index is 794. The fourth-order valence-corrected chi connectivity index (χ4v) is 5.65. The van der Waals surface area contributed by atoms with Crippen LogP contribution < -0.4 is 0 Å². The van der Waals surface area contributed by atoms with Crippen molar-refractivity contribution in [3.05, 3.63) is 34.0 Å². The first kappa shape index (κ1) is 14.6. The van der Waals surface area contributed by atoms with Gasteiger partial charge in [-0.2, -0.15) is 0 Å². The molecule has 0 saturated carbocycles. The Hall–Kier alpha value is -0.950. The summed E-state index contributed by atoms with van der Waals surface area (Å²) in [7, 11) is 0. The van der Waals surface area contributed by atoms with Crippen LogP contribution in [0.15, 0.2) is 39.1 Å². The van der Waals surface area contributed by atoms with E-state index in [-0.39, 0.29) is 6.61 Å². The fourth-order valence-electron chi connectivity index (χ4n) is 2.84. The first-order valence-corrected chi connectivity index (χ1v) is 10.1. The molecule has 0 unspecified atom stereocenters. The van der Waals surface area contributed by atoms with Gasteiger partial charge in [0.1, 0.15) is 0 Å². The third kappa shape index (κ3) is 2.38. The minimum atomic E-state index is 0.189. The van der Waals surface area contributed by atoms with Gasteiger partial charge in [0, 0.05) is 34.1 Å². The standard InChI is InChI=1S/C16H16N2OS3/c1-20-11-2-3-12-10(8-11)9-14(21-12)15-13(4-7-19)22-16-17-5-6-18(15)16/h2-3,8-9,19H,4-7H2,1H3. The number of thiophene rings is 1. The Morgan fingerprint density at radius 3 is 3.09 bits per heavy atom. The molecule has 1 aromatic heterocycles. The molecule has 0 radical (unpaired) electrons. The first-order chi connectivity index (χ1) is 10.8. The number of fused-ring (bicyclic) bond motifs is 2. The van der Waals surface area contributed by atoms with Gasteiger partial charge < -0.3 is 10.0 Å². The Kier molecular flexibility index (Phi) is 3.94. The molecule has 2 aliphatic rings. The van der Waals surface area contributed by atoms with Gasteiger partial charge in [-0.25, -0.2) is 0 Å². The fraction of sp³-hybridized carbons (Fsp3) is 0.312. The van der Waals surface area contributed by atoms with Crippen molar-refractivity contribution in [2.24, 2.45) is 4.99 Å². The van der Waals surface area contributed by atoms with E-state index in [9.17, 15) is 5.11 Å². The average molecular weight is 349 g/mol. The number of thioether (sulfide) groups is 2. The lowest BCUT2D eigenvalue weighted by Crippen LogP contribution is -2.19.